The summed E-state index contributed by atoms with van der Waals surface area (Å²) >= 11 is 0. The molecule has 1 rings (SSSR count). The van der Waals surface area contributed by atoms with E-state index in [0.717, 1.165) is 5.92 Å². The molecule has 0 amide bonds. The van der Waals surface area contributed by atoms with E-state index in [1.807, 2.05) is 12.1 Å². The molecule has 119 valence electrons. The van der Waals surface area contributed by atoms with Crippen molar-refractivity contribution < 1.29 is 0 Å². The van der Waals surface area contributed by atoms with Gasteiger partial charge in [-0.15, -0.1) is 0 Å². The van der Waals surface area contributed by atoms with Gasteiger partial charge in [0.1, 0.15) is 0 Å². The highest BCUT2D eigenvalue weighted by Crippen LogP contribution is 2.14. The van der Waals surface area contributed by atoms with Crippen molar-refractivity contribution >= 4 is 0 Å². The highest BCUT2D eigenvalue weighted by molar-refractivity contribution is 5.12. The van der Waals surface area contributed by atoms with Crippen molar-refractivity contribution in [2.75, 3.05) is 0 Å². The van der Waals surface area contributed by atoms with Crippen molar-refractivity contribution in [2.45, 2.75) is 90.9 Å². The smallest absolute Gasteiger partial charge is 0.0149 e. The van der Waals surface area contributed by atoms with Crippen LogP contribution in [0.1, 0.15) is 90.0 Å². The van der Waals surface area contributed by atoms with Crippen LogP contribution in [-0.2, 0) is 6.42 Å². The number of hydrogen-bond donors (Lipinski definition) is 0. The minimum absolute atomic E-state index is 0.887. The highest BCUT2D eigenvalue weighted by atomic mass is 14.0. The van der Waals surface area contributed by atoms with Crippen LogP contribution in [0.15, 0.2) is 24.3 Å². The van der Waals surface area contributed by atoms with E-state index in [0.29, 0.717) is 0 Å². The molecule has 0 spiro atoms. The minimum atomic E-state index is 0.887. The molecule has 0 N–H and O–H groups in total. The third-order valence-electron chi connectivity index (χ3n) is 4.25. The maximum absolute atomic E-state index is 3.31. The van der Waals surface area contributed by atoms with Crippen molar-refractivity contribution in [1.82, 2.24) is 0 Å². The van der Waals surface area contributed by atoms with E-state index in [1.54, 1.807) is 0 Å². The summed E-state index contributed by atoms with van der Waals surface area (Å²) in [5, 5.41) is 0. The third kappa shape index (κ3) is 11.5. The van der Waals surface area contributed by atoms with Crippen molar-refractivity contribution in [1.29, 1.82) is 0 Å². The molecular formula is C21H35. The second-order valence-corrected chi connectivity index (χ2v) is 6.86. The standard InChI is InChI=1S/C21H35/c1-20(2)16-12-9-7-5-3-4-6-8-10-13-17-21-18-14-11-15-19-21/h11,14-15,18,20H,3-10,12-13,16-17H2,1-2H3. The van der Waals surface area contributed by atoms with Gasteiger partial charge in [-0.25, -0.2) is 0 Å². The van der Waals surface area contributed by atoms with E-state index >= 15 is 0 Å². The molecule has 0 aromatic heterocycles. The van der Waals surface area contributed by atoms with Crippen molar-refractivity contribution in [2.24, 2.45) is 5.92 Å². The summed E-state index contributed by atoms with van der Waals surface area (Å²) in [4.78, 5) is 0. The molecule has 0 fully saturated rings. The van der Waals surface area contributed by atoms with Crippen molar-refractivity contribution in [3.63, 3.8) is 0 Å². The number of benzene rings is 1. The van der Waals surface area contributed by atoms with E-state index in [-0.39, 0.29) is 0 Å². The fraction of sp³-hybridized carbons (Fsp3) is 0.714. The van der Waals surface area contributed by atoms with Gasteiger partial charge in [0.2, 0.25) is 0 Å². The average Bonchev–Trinajstić information content (AvgIpc) is 2.49. The van der Waals surface area contributed by atoms with Gasteiger partial charge in [-0.3, -0.25) is 0 Å². The lowest BCUT2D eigenvalue weighted by Crippen LogP contribution is -1.88. The molecular weight excluding hydrogens is 252 g/mol. The highest BCUT2D eigenvalue weighted by Gasteiger charge is 1.96. The molecule has 0 aliphatic heterocycles. The first kappa shape index (κ1) is 18.3. The lowest BCUT2D eigenvalue weighted by Gasteiger charge is -2.05. The lowest BCUT2D eigenvalue weighted by atomic mass is 10.0. The Bertz CT molecular complexity index is 312. The largest absolute Gasteiger partial charge is 0.0628 e. The third-order valence-corrected chi connectivity index (χ3v) is 4.25. The van der Waals surface area contributed by atoms with Gasteiger partial charge < -0.3 is 0 Å². The van der Waals surface area contributed by atoms with Gasteiger partial charge in [0, 0.05) is 0 Å². The Kier molecular flexibility index (Phi) is 11.2. The van der Waals surface area contributed by atoms with Crippen LogP contribution in [0, 0.1) is 12.0 Å². The quantitative estimate of drug-likeness (QED) is 0.343. The molecule has 1 radical (unpaired) electrons. The Morgan fingerprint density at radius 1 is 0.762 bits per heavy atom. The summed E-state index contributed by atoms with van der Waals surface area (Å²) in [6.07, 6.45) is 16.9. The molecule has 0 bridgehead atoms. The summed E-state index contributed by atoms with van der Waals surface area (Å²) in [6, 6.07) is 11.7. The molecule has 0 aliphatic carbocycles. The topological polar surface area (TPSA) is 0 Å². The zero-order chi connectivity index (χ0) is 15.2. The van der Waals surface area contributed by atoms with Gasteiger partial charge in [0.15, 0.2) is 0 Å². The predicted octanol–water partition coefficient (Wildman–Crippen LogP) is 6.98. The zero-order valence-corrected chi connectivity index (χ0v) is 14.4. The van der Waals surface area contributed by atoms with Crippen LogP contribution < -0.4 is 0 Å². The number of rotatable bonds is 13. The molecule has 1 aromatic rings. The monoisotopic (exact) mass is 287 g/mol. The van der Waals surface area contributed by atoms with Gasteiger partial charge in [-0.2, -0.15) is 0 Å². The normalized spacial score (nSPS) is 11.2. The molecule has 0 saturated heterocycles. The first-order valence-corrected chi connectivity index (χ1v) is 9.24. The Hall–Kier alpha value is -0.780. The average molecular weight is 288 g/mol. The Morgan fingerprint density at radius 2 is 1.33 bits per heavy atom. The molecule has 0 nitrogen and oxygen atoms in total. The van der Waals surface area contributed by atoms with E-state index < -0.39 is 0 Å². The molecule has 0 aliphatic rings. The molecule has 1 aromatic carbocycles. The van der Waals surface area contributed by atoms with Crippen LogP contribution >= 0.6 is 0 Å². The molecule has 0 heteroatoms. The number of aryl methyl sites for hydroxylation is 1. The molecule has 0 atom stereocenters. The van der Waals surface area contributed by atoms with Crippen molar-refractivity contribution in [3.05, 3.63) is 35.9 Å². The van der Waals surface area contributed by atoms with Gasteiger partial charge in [-0.1, -0.05) is 102 Å². The summed E-state index contributed by atoms with van der Waals surface area (Å²) < 4.78 is 0. The van der Waals surface area contributed by atoms with Gasteiger partial charge in [0.05, 0.1) is 0 Å². The molecule has 0 unspecified atom stereocenters. The van der Waals surface area contributed by atoms with Crippen LogP contribution in [-0.4, -0.2) is 0 Å². The predicted molar refractivity (Wildman–Crippen MR) is 94.6 cm³/mol. The van der Waals surface area contributed by atoms with Gasteiger partial charge >= 0.3 is 0 Å². The van der Waals surface area contributed by atoms with E-state index in [9.17, 15) is 0 Å². The maximum atomic E-state index is 3.31. The second kappa shape index (κ2) is 12.9. The Balaban J connectivity index is 1.77. The minimum Gasteiger partial charge on any atom is -0.0628 e. The fourth-order valence-corrected chi connectivity index (χ4v) is 2.87. The Morgan fingerprint density at radius 3 is 1.86 bits per heavy atom. The van der Waals surface area contributed by atoms with Crippen LogP contribution in [0.3, 0.4) is 0 Å². The molecule has 0 heterocycles. The molecule has 0 saturated carbocycles. The van der Waals surface area contributed by atoms with Crippen LogP contribution in [0.4, 0.5) is 0 Å². The fourth-order valence-electron chi connectivity index (χ4n) is 2.87. The van der Waals surface area contributed by atoms with Crippen molar-refractivity contribution in [3.8, 4) is 0 Å². The van der Waals surface area contributed by atoms with E-state index in [2.05, 4.69) is 32.0 Å². The number of hydrogen-bond acceptors (Lipinski definition) is 0. The summed E-state index contributed by atoms with van der Waals surface area (Å²) in [5.74, 6) is 0.887. The van der Waals surface area contributed by atoms with Gasteiger partial charge in [0.25, 0.3) is 0 Å². The summed E-state index contributed by atoms with van der Waals surface area (Å²) in [5.41, 5.74) is 1.37. The second-order valence-electron chi connectivity index (χ2n) is 6.86. The maximum Gasteiger partial charge on any atom is -0.0149 e. The number of unbranched alkanes of at least 4 members (excludes halogenated alkanes) is 9. The first-order valence-electron chi connectivity index (χ1n) is 9.24. The summed E-state index contributed by atoms with van der Waals surface area (Å²) in [7, 11) is 0. The van der Waals surface area contributed by atoms with Gasteiger partial charge in [-0.05, 0) is 30.4 Å². The summed E-state index contributed by atoms with van der Waals surface area (Å²) in [6.45, 7) is 4.66. The van der Waals surface area contributed by atoms with E-state index in [1.165, 1.54) is 82.6 Å². The van der Waals surface area contributed by atoms with Crippen LogP contribution in [0.2, 0.25) is 0 Å². The molecule has 21 heavy (non-hydrogen) atoms. The SMILES string of the molecule is CC(C)CCCCCCCCCCCCc1[c]cccc1. The van der Waals surface area contributed by atoms with E-state index in [4.69, 9.17) is 0 Å². The first-order chi connectivity index (χ1) is 10.3. The van der Waals surface area contributed by atoms with Crippen LogP contribution in [0.5, 0.6) is 0 Å². The lowest BCUT2D eigenvalue weighted by molar-refractivity contribution is 0.505. The van der Waals surface area contributed by atoms with Crippen LogP contribution in [0.25, 0.3) is 0 Å². The Labute approximate surface area is 133 Å². The zero-order valence-electron chi connectivity index (χ0n) is 14.4.